The monoisotopic (exact) mass is 321 g/mol. The maximum atomic E-state index is 11.2. The highest BCUT2D eigenvalue weighted by atomic mass is 16.5. The molecule has 0 aliphatic carbocycles. The molecule has 2 unspecified atom stereocenters. The Morgan fingerprint density at radius 2 is 2.22 bits per heavy atom. The van der Waals surface area contributed by atoms with E-state index >= 15 is 0 Å². The number of piperidine rings is 1. The van der Waals surface area contributed by atoms with Gasteiger partial charge in [-0.3, -0.25) is 9.69 Å². The Bertz CT molecular complexity index is 532. The third-order valence-corrected chi connectivity index (χ3v) is 4.39. The summed E-state index contributed by atoms with van der Waals surface area (Å²) in [6.07, 6.45) is 2.79. The molecule has 5 nitrogen and oxygen atoms in total. The number of benzene rings is 1. The number of carboxylic acids is 1. The molecule has 1 heterocycles. The van der Waals surface area contributed by atoms with Crippen molar-refractivity contribution in [2.75, 3.05) is 20.2 Å². The average molecular weight is 321 g/mol. The first kappa shape index (κ1) is 17.6. The van der Waals surface area contributed by atoms with E-state index in [1.54, 1.807) is 7.11 Å². The van der Waals surface area contributed by atoms with Crippen molar-refractivity contribution in [1.82, 2.24) is 4.90 Å². The highest BCUT2D eigenvalue weighted by molar-refractivity contribution is 5.70. The van der Waals surface area contributed by atoms with Gasteiger partial charge in [-0.05, 0) is 50.4 Å². The van der Waals surface area contributed by atoms with E-state index in [1.165, 1.54) is 0 Å². The van der Waals surface area contributed by atoms with Crippen LogP contribution in [0.5, 0.6) is 11.5 Å². The normalized spacial score (nSPS) is 20.0. The summed E-state index contributed by atoms with van der Waals surface area (Å²) in [5.74, 6) is 0.547. The fourth-order valence-electron chi connectivity index (χ4n) is 2.87. The summed E-state index contributed by atoms with van der Waals surface area (Å²) in [4.78, 5) is 13.4. The van der Waals surface area contributed by atoms with Gasteiger partial charge in [0.1, 0.15) is 0 Å². The Morgan fingerprint density at radius 1 is 1.43 bits per heavy atom. The number of carboxylic acid groups (broad SMARTS) is 1. The molecule has 128 valence electrons. The maximum Gasteiger partial charge on any atom is 0.307 e. The highest BCUT2D eigenvalue weighted by Crippen LogP contribution is 2.30. The van der Waals surface area contributed by atoms with Gasteiger partial charge in [-0.15, -0.1) is 0 Å². The largest absolute Gasteiger partial charge is 0.493 e. The van der Waals surface area contributed by atoms with Crippen LogP contribution in [-0.2, 0) is 11.3 Å². The number of hydrogen-bond acceptors (Lipinski definition) is 4. The second kappa shape index (κ2) is 8.20. The molecule has 2 atom stereocenters. The number of carbonyl (C=O) groups is 1. The quantitative estimate of drug-likeness (QED) is 0.836. The Balaban J connectivity index is 2.04. The molecule has 23 heavy (non-hydrogen) atoms. The van der Waals surface area contributed by atoms with Gasteiger partial charge in [-0.1, -0.05) is 13.0 Å². The minimum atomic E-state index is -0.690. The number of aliphatic carboxylic acids is 1. The van der Waals surface area contributed by atoms with Crippen LogP contribution >= 0.6 is 0 Å². The number of methoxy groups -OCH3 is 1. The molecular weight excluding hydrogens is 294 g/mol. The average Bonchev–Trinajstić information content (AvgIpc) is 2.56. The maximum absolute atomic E-state index is 11.2. The first-order chi connectivity index (χ1) is 11.0. The van der Waals surface area contributed by atoms with Gasteiger partial charge >= 0.3 is 5.97 Å². The van der Waals surface area contributed by atoms with E-state index in [2.05, 4.69) is 11.8 Å². The molecule has 1 aromatic rings. The van der Waals surface area contributed by atoms with Gasteiger partial charge in [0.15, 0.2) is 11.5 Å². The van der Waals surface area contributed by atoms with Crippen LogP contribution in [0.4, 0.5) is 0 Å². The first-order valence-electron chi connectivity index (χ1n) is 8.32. The lowest BCUT2D eigenvalue weighted by atomic mass is 9.98. The summed E-state index contributed by atoms with van der Waals surface area (Å²) in [5, 5.41) is 9.18. The van der Waals surface area contributed by atoms with Crippen molar-refractivity contribution in [3.8, 4) is 11.5 Å². The molecule has 0 amide bonds. The van der Waals surface area contributed by atoms with E-state index in [0.717, 1.165) is 49.4 Å². The number of ether oxygens (including phenoxy) is 2. The van der Waals surface area contributed by atoms with Crippen LogP contribution in [0.3, 0.4) is 0 Å². The first-order valence-corrected chi connectivity index (χ1v) is 8.32. The fourth-order valence-corrected chi connectivity index (χ4v) is 2.87. The summed E-state index contributed by atoms with van der Waals surface area (Å²) in [5.41, 5.74) is 1.12. The Morgan fingerprint density at radius 3 is 2.87 bits per heavy atom. The molecule has 0 saturated carbocycles. The molecular formula is C18H27NO4. The van der Waals surface area contributed by atoms with Crippen LogP contribution < -0.4 is 9.47 Å². The lowest BCUT2D eigenvalue weighted by molar-refractivity contribution is -0.143. The molecule has 1 aliphatic heterocycles. The minimum Gasteiger partial charge on any atom is -0.493 e. The molecule has 1 N–H and O–H groups in total. The van der Waals surface area contributed by atoms with Crippen LogP contribution in [0.15, 0.2) is 18.2 Å². The topological polar surface area (TPSA) is 59.0 Å². The summed E-state index contributed by atoms with van der Waals surface area (Å²) in [6.45, 7) is 6.41. The van der Waals surface area contributed by atoms with Crippen molar-refractivity contribution in [2.45, 2.75) is 45.8 Å². The Kier molecular flexibility index (Phi) is 6.28. The van der Waals surface area contributed by atoms with E-state index in [4.69, 9.17) is 9.47 Å². The molecule has 2 rings (SSSR count). The van der Waals surface area contributed by atoms with Crippen LogP contribution in [0, 0.1) is 5.92 Å². The number of rotatable bonds is 7. The molecule has 1 aliphatic rings. The number of likely N-dealkylation sites (tertiary alicyclic amines) is 1. The van der Waals surface area contributed by atoms with E-state index < -0.39 is 5.97 Å². The van der Waals surface area contributed by atoms with Gasteiger partial charge in [-0.25, -0.2) is 0 Å². The summed E-state index contributed by atoms with van der Waals surface area (Å²) in [6, 6.07) is 5.96. The molecule has 0 aromatic heterocycles. The second-order valence-electron chi connectivity index (χ2n) is 6.23. The van der Waals surface area contributed by atoms with Crippen LogP contribution in [0.1, 0.15) is 38.7 Å². The van der Waals surface area contributed by atoms with Crippen molar-refractivity contribution in [3.63, 3.8) is 0 Å². The fraction of sp³-hybridized carbons (Fsp3) is 0.611. The van der Waals surface area contributed by atoms with Crippen molar-refractivity contribution in [3.05, 3.63) is 23.8 Å². The molecule has 1 fully saturated rings. The molecule has 0 radical (unpaired) electrons. The third kappa shape index (κ3) is 4.86. The lowest BCUT2D eigenvalue weighted by Crippen LogP contribution is -2.38. The minimum absolute atomic E-state index is 0.146. The van der Waals surface area contributed by atoms with Gasteiger partial charge in [0, 0.05) is 13.1 Å². The summed E-state index contributed by atoms with van der Waals surface area (Å²) >= 11 is 0. The zero-order chi connectivity index (χ0) is 16.8. The Hall–Kier alpha value is -1.75. The van der Waals surface area contributed by atoms with Crippen molar-refractivity contribution >= 4 is 5.97 Å². The van der Waals surface area contributed by atoms with Crippen molar-refractivity contribution in [2.24, 2.45) is 5.92 Å². The van der Waals surface area contributed by atoms with E-state index in [-0.39, 0.29) is 12.0 Å². The van der Waals surface area contributed by atoms with Crippen molar-refractivity contribution < 1.29 is 19.4 Å². The third-order valence-electron chi connectivity index (χ3n) is 4.39. The highest BCUT2D eigenvalue weighted by Gasteiger charge is 2.25. The molecule has 5 heteroatoms. The predicted octanol–water partition coefficient (Wildman–Crippen LogP) is 3.17. The lowest BCUT2D eigenvalue weighted by Gasteiger charge is -2.30. The zero-order valence-corrected chi connectivity index (χ0v) is 14.2. The molecule has 1 saturated heterocycles. The van der Waals surface area contributed by atoms with E-state index in [9.17, 15) is 9.90 Å². The van der Waals surface area contributed by atoms with Gasteiger partial charge in [0.05, 0.1) is 19.1 Å². The van der Waals surface area contributed by atoms with Crippen LogP contribution in [-0.4, -0.2) is 42.3 Å². The number of hydrogen-bond donors (Lipinski definition) is 1. The van der Waals surface area contributed by atoms with Gasteiger partial charge in [0.25, 0.3) is 0 Å². The predicted molar refractivity (Wildman–Crippen MR) is 89.0 cm³/mol. The summed E-state index contributed by atoms with van der Waals surface area (Å²) < 4.78 is 11.3. The zero-order valence-electron chi connectivity index (χ0n) is 14.2. The smallest absolute Gasteiger partial charge is 0.307 e. The molecule has 0 spiro atoms. The number of nitrogens with zero attached hydrogens (tertiary/aromatic N) is 1. The van der Waals surface area contributed by atoms with E-state index in [1.807, 2.05) is 25.1 Å². The van der Waals surface area contributed by atoms with Crippen molar-refractivity contribution in [1.29, 1.82) is 0 Å². The molecule has 1 aromatic carbocycles. The van der Waals surface area contributed by atoms with Gasteiger partial charge in [-0.2, -0.15) is 0 Å². The standard InChI is InChI=1S/C18H27NO4/c1-4-13(2)23-16-8-7-14(10-17(16)22-3)11-19-9-5-6-15(12-19)18(20)21/h7-8,10,13,15H,4-6,9,11-12H2,1-3H3,(H,20,21). The van der Waals surface area contributed by atoms with Crippen LogP contribution in [0.2, 0.25) is 0 Å². The Labute approximate surface area is 138 Å². The second-order valence-corrected chi connectivity index (χ2v) is 6.23. The van der Waals surface area contributed by atoms with Gasteiger partial charge in [0.2, 0.25) is 0 Å². The SMILES string of the molecule is CCC(C)Oc1ccc(CN2CCCC(C(=O)O)C2)cc1OC. The van der Waals surface area contributed by atoms with Crippen LogP contribution in [0.25, 0.3) is 0 Å². The van der Waals surface area contributed by atoms with E-state index in [0.29, 0.717) is 6.54 Å². The molecule has 0 bridgehead atoms. The summed E-state index contributed by atoms with van der Waals surface area (Å²) in [7, 11) is 1.64. The van der Waals surface area contributed by atoms with Gasteiger partial charge < -0.3 is 14.6 Å².